The highest BCUT2D eigenvalue weighted by Gasteiger charge is 2.35. The number of halogens is 2. The summed E-state index contributed by atoms with van der Waals surface area (Å²) < 4.78 is 0. The first-order valence-corrected chi connectivity index (χ1v) is 7.84. The standard InChI is InChI=1S/C15H31N3O.2ClH/c1-3-15(4-2,11-17)14(19)18-13(10-16)12-8-6-5-7-9-12;;/h12-13H,3-11,16-17H2,1-2H3,(H,18,19);2*1H. The smallest absolute Gasteiger partial charge is 0.227 e. The molecule has 1 saturated carbocycles. The van der Waals surface area contributed by atoms with E-state index in [0.717, 1.165) is 12.8 Å². The Kier molecular flexibility index (Phi) is 12.8. The Hall–Kier alpha value is -0.0300. The van der Waals surface area contributed by atoms with Crippen molar-refractivity contribution in [1.82, 2.24) is 5.32 Å². The number of amides is 1. The fraction of sp³-hybridized carbons (Fsp3) is 0.933. The van der Waals surface area contributed by atoms with Gasteiger partial charge in [-0.1, -0.05) is 33.1 Å². The molecule has 1 rings (SSSR count). The van der Waals surface area contributed by atoms with Crippen LogP contribution in [0.25, 0.3) is 0 Å². The maximum absolute atomic E-state index is 12.5. The van der Waals surface area contributed by atoms with Gasteiger partial charge >= 0.3 is 0 Å². The monoisotopic (exact) mass is 341 g/mol. The molecule has 0 aliphatic heterocycles. The van der Waals surface area contributed by atoms with Crippen LogP contribution in [-0.4, -0.2) is 25.0 Å². The number of carbonyl (C=O) groups excluding carboxylic acids is 1. The predicted octanol–water partition coefficient (Wildman–Crippen LogP) is 2.62. The van der Waals surface area contributed by atoms with Crippen LogP contribution in [-0.2, 0) is 4.79 Å². The summed E-state index contributed by atoms with van der Waals surface area (Å²) in [6.45, 7) is 5.01. The molecule has 0 radical (unpaired) electrons. The highest BCUT2D eigenvalue weighted by atomic mass is 35.5. The predicted molar refractivity (Wildman–Crippen MR) is 94.1 cm³/mol. The van der Waals surface area contributed by atoms with Crippen LogP contribution in [0.3, 0.4) is 0 Å². The summed E-state index contributed by atoms with van der Waals surface area (Å²) in [7, 11) is 0. The van der Waals surface area contributed by atoms with E-state index < -0.39 is 5.41 Å². The lowest BCUT2D eigenvalue weighted by Gasteiger charge is -2.35. The highest BCUT2D eigenvalue weighted by Crippen LogP contribution is 2.29. The van der Waals surface area contributed by atoms with Crippen molar-refractivity contribution in [2.45, 2.75) is 64.8 Å². The summed E-state index contributed by atoms with van der Waals surface area (Å²) in [5.74, 6) is 0.646. The molecule has 1 fully saturated rings. The van der Waals surface area contributed by atoms with Crippen LogP contribution in [0.15, 0.2) is 0 Å². The molecule has 128 valence electrons. The van der Waals surface area contributed by atoms with E-state index in [4.69, 9.17) is 11.5 Å². The molecule has 21 heavy (non-hydrogen) atoms. The number of nitrogens with one attached hydrogen (secondary N) is 1. The molecule has 1 atom stereocenters. The molecule has 1 unspecified atom stereocenters. The molecule has 1 amide bonds. The van der Waals surface area contributed by atoms with Gasteiger partial charge in [-0.15, -0.1) is 24.8 Å². The quantitative estimate of drug-likeness (QED) is 0.665. The lowest BCUT2D eigenvalue weighted by Crippen LogP contribution is -2.53. The summed E-state index contributed by atoms with van der Waals surface area (Å²) in [6, 6.07) is 0.122. The Labute approximate surface area is 142 Å². The van der Waals surface area contributed by atoms with Crippen LogP contribution in [0.2, 0.25) is 0 Å². The second kappa shape index (κ2) is 11.5. The molecular formula is C15H33Cl2N3O. The Balaban J connectivity index is 0. The molecule has 6 heteroatoms. The maximum atomic E-state index is 12.5. The number of nitrogens with two attached hydrogens (primary N) is 2. The van der Waals surface area contributed by atoms with Crippen molar-refractivity contribution in [1.29, 1.82) is 0 Å². The molecule has 0 aromatic heterocycles. The lowest BCUT2D eigenvalue weighted by atomic mass is 9.79. The summed E-state index contributed by atoms with van der Waals surface area (Å²) in [6.07, 6.45) is 7.80. The average Bonchev–Trinajstić information content (AvgIpc) is 2.48. The maximum Gasteiger partial charge on any atom is 0.227 e. The van der Waals surface area contributed by atoms with Gasteiger partial charge in [0.2, 0.25) is 5.91 Å². The minimum Gasteiger partial charge on any atom is -0.351 e. The number of rotatable bonds is 7. The minimum atomic E-state index is -0.415. The van der Waals surface area contributed by atoms with E-state index in [1.807, 2.05) is 13.8 Å². The fourth-order valence-electron chi connectivity index (χ4n) is 3.18. The van der Waals surface area contributed by atoms with Gasteiger partial charge in [0.1, 0.15) is 0 Å². The molecule has 0 aromatic carbocycles. The van der Waals surface area contributed by atoms with Crippen LogP contribution >= 0.6 is 24.8 Å². The SMILES string of the molecule is CCC(CC)(CN)C(=O)NC(CN)C1CCCCC1.Cl.Cl. The van der Waals surface area contributed by atoms with Crippen LogP contribution in [0.5, 0.6) is 0 Å². The molecule has 5 N–H and O–H groups in total. The number of hydrogen-bond acceptors (Lipinski definition) is 3. The van der Waals surface area contributed by atoms with Crippen molar-refractivity contribution < 1.29 is 4.79 Å². The first-order valence-electron chi connectivity index (χ1n) is 7.84. The van der Waals surface area contributed by atoms with E-state index in [9.17, 15) is 4.79 Å². The molecule has 1 aliphatic rings. The Morgan fingerprint density at radius 1 is 1.14 bits per heavy atom. The first-order chi connectivity index (χ1) is 9.13. The van der Waals surface area contributed by atoms with Crippen LogP contribution in [0.1, 0.15) is 58.8 Å². The topological polar surface area (TPSA) is 81.1 Å². The van der Waals surface area contributed by atoms with Gasteiger partial charge in [-0.2, -0.15) is 0 Å². The van der Waals surface area contributed by atoms with Crippen LogP contribution in [0.4, 0.5) is 0 Å². The molecule has 0 heterocycles. The van der Waals surface area contributed by atoms with Crippen molar-refractivity contribution in [3.63, 3.8) is 0 Å². The summed E-state index contributed by atoms with van der Waals surface area (Å²) in [4.78, 5) is 12.5. The van der Waals surface area contributed by atoms with Gasteiger partial charge < -0.3 is 16.8 Å². The number of hydrogen-bond donors (Lipinski definition) is 3. The van der Waals surface area contributed by atoms with Crippen LogP contribution < -0.4 is 16.8 Å². The Morgan fingerprint density at radius 3 is 2.05 bits per heavy atom. The van der Waals surface area contributed by atoms with Crippen molar-refractivity contribution in [2.24, 2.45) is 22.8 Å². The Morgan fingerprint density at radius 2 is 1.67 bits per heavy atom. The molecule has 4 nitrogen and oxygen atoms in total. The fourth-order valence-corrected chi connectivity index (χ4v) is 3.18. The zero-order valence-electron chi connectivity index (χ0n) is 13.4. The third-order valence-electron chi connectivity index (χ3n) is 5.02. The zero-order chi connectivity index (χ0) is 14.3. The van der Waals surface area contributed by atoms with E-state index in [0.29, 0.717) is 19.0 Å². The van der Waals surface area contributed by atoms with Crippen LogP contribution in [0, 0.1) is 11.3 Å². The van der Waals surface area contributed by atoms with Crippen molar-refractivity contribution >= 4 is 30.7 Å². The molecule has 0 saturated heterocycles. The van der Waals surface area contributed by atoms with Gasteiger partial charge in [-0.3, -0.25) is 4.79 Å². The van der Waals surface area contributed by atoms with Gasteiger partial charge in [-0.25, -0.2) is 0 Å². The minimum absolute atomic E-state index is 0. The number of carbonyl (C=O) groups is 1. The van der Waals surface area contributed by atoms with E-state index in [1.165, 1.54) is 32.1 Å². The zero-order valence-corrected chi connectivity index (χ0v) is 15.0. The average molecular weight is 342 g/mol. The van der Waals surface area contributed by atoms with Gasteiger partial charge in [0.25, 0.3) is 0 Å². The van der Waals surface area contributed by atoms with Crippen molar-refractivity contribution in [2.75, 3.05) is 13.1 Å². The third kappa shape index (κ3) is 5.93. The highest BCUT2D eigenvalue weighted by molar-refractivity contribution is 5.85. The second-order valence-electron chi connectivity index (χ2n) is 5.91. The summed E-state index contributed by atoms with van der Waals surface area (Å²) in [5.41, 5.74) is 11.3. The van der Waals surface area contributed by atoms with Gasteiger partial charge in [0, 0.05) is 19.1 Å². The van der Waals surface area contributed by atoms with Gasteiger partial charge in [0.05, 0.1) is 5.41 Å². The summed E-state index contributed by atoms with van der Waals surface area (Å²) >= 11 is 0. The second-order valence-corrected chi connectivity index (χ2v) is 5.91. The Bertz CT molecular complexity index is 272. The van der Waals surface area contributed by atoms with Crippen molar-refractivity contribution in [3.8, 4) is 0 Å². The van der Waals surface area contributed by atoms with Gasteiger partial charge in [-0.05, 0) is 31.6 Å². The van der Waals surface area contributed by atoms with Crippen molar-refractivity contribution in [3.05, 3.63) is 0 Å². The largest absolute Gasteiger partial charge is 0.351 e. The molecule has 0 spiro atoms. The summed E-state index contributed by atoms with van der Waals surface area (Å²) in [5, 5.41) is 3.19. The molecule has 0 aromatic rings. The molecule has 0 bridgehead atoms. The van der Waals surface area contributed by atoms with E-state index in [2.05, 4.69) is 5.32 Å². The van der Waals surface area contributed by atoms with E-state index in [-0.39, 0.29) is 36.8 Å². The van der Waals surface area contributed by atoms with Gasteiger partial charge in [0.15, 0.2) is 0 Å². The first kappa shape index (κ1) is 23.2. The molecule has 1 aliphatic carbocycles. The third-order valence-corrected chi connectivity index (χ3v) is 5.02. The normalized spacial score (nSPS) is 17.3. The lowest BCUT2D eigenvalue weighted by molar-refractivity contribution is -0.132. The van der Waals surface area contributed by atoms with E-state index >= 15 is 0 Å². The van der Waals surface area contributed by atoms with E-state index in [1.54, 1.807) is 0 Å². The molecular weight excluding hydrogens is 309 g/mol.